The van der Waals surface area contributed by atoms with Gasteiger partial charge in [-0.25, -0.2) is 19.9 Å². The molecule has 242 valence electrons. The first-order valence-corrected chi connectivity index (χ1v) is 17.5. The molecule has 4 heteroatoms. The molecule has 0 fully saturated rings. The fraction of sp³-hybridized carbons (Fsp3) is 0. The van der Waals surface area contributed by atoms with Gasteiger partial charge in [0.05, 0.1) is 44.8 Å². The molecule has 0 bridgehead atoms. The number of aromatic nitrogens is 4. The highest BCUT2D eigenvalue weighted by Gasteiger charge is 2.18. The number of pyridine rings is 2. The molecular weight excluding hydrogens is 633 g/mol. The van der Waals surface area contributed by atoms with Gasteiger partial charge < -0.3 is 0 Å². The third kappa shape index (κ3) is 5.17. The van der Waals surface area contributed by atoms with E-state index < -0.39 is 0 Å². The Hall–Kier alpha value is -7.04. The van der Waals surface area contributed by atoms with Crippen LogP contribution in [0.25, 0.3) is 99.8 Å². The smallest absolute Gasteiger partial charge is 0.0979 e. The lowest BCUT2D eigenvalue weighted by molar-refractivity contribution is 1.30. The van der Waals surface area contributed by atoms with Crippen molar-refractivity contribution in [2.75, 3.05) is 0 Å². The summed E-state index contributed by atoms with van der Waals surface area (Å²) in [6.07, 6.45) is 0. The van der Waals surface area contributed by atoms with Crippen molar-refractivity contribution in [3.05, 3.63) is 182 Å². The Balaban J connectivity index is 1.21. The summed E-state index contributed by atoms with van der Waals surface area (Å²) < 4.78 is 0. The molecule has 0 N–H and O–H groups in total. The molecule has 52 heavy (non-hydrogen) atoms. The van der Waals surface area contributed by atoms with Crippen molar-refractivity contribution in [2.24, 2.45) is 0 Å². The van der Waals surface area contributed by atoms with Gasteiger partial charge in [-0.3, -0.25) is 0 Å². The van der Waals surface area contributed by atoms with Gasteiger partial charge in [0.15, 0.2) is 0 Å². The first-order valence-electron chi connectivity index (χ1n) is 17.5. The molecule has 3 aromatic heterocycles. The van der Waals surface area contributed by atoms with Crippen molar-refractivity contribution in [1.82, 2.24) is 19.9 Å². The summed E-state index contributed by atoms with van der Waals surface area (Å²) >= 11 is 0. The fourth-order valence-electron chi connectivity index (χ4n) is 7.28. The summed E-state index contributed by atoms with van der Waals surface area (Å²) in [5, 5.41) is 4.38. The highest BCUT2D eigenvalue weighted by molar-refractivity contribution is 6.12. The molecule has 10 aromatic rings. The number of rotatable bonds is 5. The van der Waals surface area contributed by atoms with Gasteiger partial charge in [0.1, 0.15) is 0 Å². The van der Waals surface area contributed by atoms with E-state index in [1.807, 2.05) is 42.5 Å². The molecule has 0 aliphatic rings. The largest absolute Gasteiger partial charge is 0.245 e. The van der Waals surface area contributed by atoms with Crippen molar-refractivity contribution in [1.29, 1.82) is 0 Å². The van der Waals surface area contributed by atoms with Crippen molar-refractivity contribution in [3.8, 4) is 56.2 Å². The van der Waals surface area contributed by atoms with Crippen molar-refractivity contribution in [3.63, 3.8) is 0 Å². The minimum absolute atomic E-state index is 0.833. The van der Waals surface area contributed by atoms with E-state index in [0.717, 1.165) is 94.4 Å². The van der Waals surface area contributed by atoms with Crippen molar-refractivity contribution < 1.29 is 0 Å². The van der Waals surface area contributed by atoms with E-state index in [2.05, 4.69) is 140 Å². The minimum Gasteiger partial charge on any atom is -0.245 e. The zero-order valence-corrected chi connectivity index (χ0v) is 28.1. The molecule has 4 nitrogen and oxygen atoms in total. The summed E-state index contributed by atoms with van der Waals surface area (Å²) in [5.41, 5.74) is 13.4. The Kier molecular flexibility index (Phi) is 7.10. The topological polar surface area (TPSA) is 51.6 Å². The van der Waals surface area contributed by atoms with E-state index in [0.29, 0.717) is 0 Å². The predicted octanol–water partition coefficient (Wildman–Crippen LogP) is 12.2. The molecule has 0 spiro atoms. The number of fused-ring (bicyclic) bond motifs is 5. The summed E-state index contributed by atoms with van der Waals surface area (Å²) in [6, 6.07) is 63.1. The average molecular weight is 663 g/mol. The molecule has 0 aliphatic heterocycles. The van der Waals surface area contributed by atoms with Crippen LogP contribution in [0.4, 0.5) is 0 Å². The number of nitrogens with zero attached hydrogens (tertiary/aromatic N) is 4. The van der Waals surface area contributed by atoms with Gasteiger partial charge in [-0.05, 0) is 58.3 Å². The van der Waals surface area contributed by atoms with E-state index in [1.165, 1.54) is 5.39 Å². The van der Waals surface area contributed by atoms with E-state index in [1.54, 1.807) is 0 Å². The number of hydrogen-bond donors (Lipinski definition) is 0. The van der Waals surface area contributed by atoms with Crippen LogP contribution in [0, 0.1) is 0 Å². The van der Waals surface area contributed by atoms with E-state index >= 15 is 0 Å². The van der Waals surface area contributed by atoms with Crippen molar-refractivity contribution >= 4 is 43.6 Å². The molecule has 0 saturated heterocycles. The second-order valence-electron chi connectivity index (χ2n) is 13.0. The highest BCUT2D eigenvalue weighted by atomic mass is 14.8. The molecule has 0 unspecified atom stereocenters. The zero-order chi connectivity index (χ0) is 34.4. The molecule has 0 amide bonds. The monoisotopic (exact) mass is 662 g/mol. The fourth-order valence-corrected chi connectivity index (χ4v) is 7.28. The predicted molar refractivity (Wildman–Crippen MR) is 215 cm³/mol. The minimum atomic E-state index is 0.833. The van der Waals surface area contributed by atoms with Gasteiger partial charge >= 0.3 is 0 Å². The van der Waals surface area contributed by atoms with Gasteiger partial charge in [0, 0.05) is 33.0 Å². The first-order chi connectivity index (χ1) is 25.8. The lowest BCUT2D eigenvalue weighted by atomic mass is 9.95. The summed E-state index contributed by atoms with van der Waals surface area (Å²) in [7, 11) is 0. The summed E-state index contributed by atoms with van der Waals surface area (Å²) in [5.74, 6) is 0. The first kappa shape index (κ1) is 29.8. The van der Waals surface area contributed by atoms with Gasteiger partial charge in [-0.1, -0.05) is 146 Å². The second-order valence-corrected chi connectivity index (χ2v) is 13.0. The second kappa shape index (κ2) is 12.4. The average Bonchev–Trinajstić information content (AvgIpc) is 3.23. The van der Waals surface area contributed by atoms with Crippen LogP contribution in [0.5, 0.6) is 0 Å². The third-order valence-electron chi connectivity index (χ3n) is 9.84. The van der Waals surface area contributed by atoms with Crippen LogP contribution in [-0.4, -0.2) is 19.9 Å². The van der Waals surface area contributed by atoms with Crippen LogP contribution < -0.4 is 0 Å². The zero-order valence-electron chi connectivity index (χ0n) is 28.1. The third-order valence-corrected chi connectivity index (χ3v) is 9.84. The van der Waals surface area contributed by atoms with Crippen LogP contribution in [-0.2, 0) is 0 Å². The number of hydrogen-bond acceptors (Lipinski definition) is 4. The maximum absolute atomic E-state index is 5.41. The van der Waals surface area contributed by atoms with Gasteiger partial charge in [-0.15, -0.1) is 0 Å². The van der Waals surface area contributed by atoms with Gasteiger partial charge in [0.2, 0.25) is 0 Å². The van der Waals surface area contributed by atoms with E-state index in [9.17, 15) is 0 Å². The van der Waals surface area contributed by atoms with Crippen LogP contribution in [0.3, 0.4) is 0 Å². The van der Waals surface area contributed by atoms with Crippen LogP contribution in [0.2, 0.25) is 0 Å². The quantitative estimate of drug-likeness (QED) is 0.172. The Morgan fingerprint density at radius 3 is 1.65 bits per heavy atom. The molecule has 10 rings (SSSR count). The molecule has 0 aliphatic carbocycles. The van der Waals surface area contributed by atoms with Crippen LogP contribution >= 0.6 is 0 Å². The Morgan fingerprint density at radius 2 is 0.904 bits per heavy atom. The normalized spacial score (nSPS) is 11.5. The Bertz CT molecular complexity index is 2940. The molecule has 0 saturated carbocycles. The number of benzene rings is 7. The Labute approximate surface area is 300 Å². The maximum Gasteiger partial charge on any atom is 0.0979 e. The van der Waals surface area contributed by atoms with Crippen LogP contribution in [0.1, 0.15) is 0 Å². The molecule has 3 heterocycles. The molecule has 0 radical (unpaired) electrons. The lowest BCUT2D eigenvalue weighted by Crippen LogP contribution is -1.97. The highest BCUT2D eigenvalue weighted by Crippen LogP contribution is 2.39. The van der Waals surface area contributed by atoms with Gasteiger partial charge in [-0.2, -0.15) is 0 Å². The van der Waals surface area contributed by atoms with E-state index in [4.69, 9.17) is 19.9 Å². The summed E-state index contributed by atoms with van der Waals surface area (Å²) in [6.45, 7) is 0. The molecule has 7 aromatic carbocycles. The SMILES string of the molecule is c1ccc(-c2ccc3cc(-c4ccc5nc(-c6ccccc6)c(-c6cccc7ccccc67)nc5c4)c4ccc(-c5ccccc5)nc4c3n2)cc1. The van der Waals surface area contributed by atoms with E-state index in [-0.39, 0.29) is 0 Å². The molecule has 0 atom stereocenters. The van der Waals surface area contributed by atoms with Crippen molar-refractivity contribution in [2.45, 2.75) is 0 Å². The van der Waals surface area contributed by atoms with Gasteiger partial charge in [0.25, 0.3) is 0 Å². The molecular formula is C48H30N4. The lowest BCUT2D eigenvalue weighted by Gasteiger charge is -2.15. The maximum atomic E-state index is 5.41. The standard InChI is InChI=1S/C48H30N4/c1-4-14-32(15-5-1)41-26-24-36-29-40(39-25-28-42(33-16-6-2-7-17-33)50-48(39)46(36)49-41)35-23-27-43-44(30-35)52-47(45(51-43)34-18-8-3-9-19-34)38-22-12-20-31-13-10-11-21-37(31)38/h1-30H. The Morgan fingerprint density at radius 1 is 0.288 bits per heavy atom. The summed E-state index contributed by atoms with van der Waals surface area (Å²) in [4.78, 5) is 21.2. The van der Waals surface area contributed by atoms with Crippen LogP contribution in [0.15, 0.2) is 182 Å².